The molecule has 0 saturated carbocycles. The third-order valence-corrected chi connectivity index (χ3v) is 4.58. The molecule has 0 aromatic heterocycles. The fraction of sp³-hybridized carbons (Fsp3) is 0.600. The van der Waals surface area contributed by atoms with Gasteiger partial charge in [0.25, 0.3) is 0 Å². The van der Waals surface area contributed by atoms with Gasteiger partial charge in [0.05, 0.1) is 14.2 Å². The Hall–Kier alpha value is -2.56. The van der Waals surface area contributed by atoms with Gasteiger partial charge in [-0.05, 0) is 38.1 Å². The van der Waals surface area contributed by atoms with Crippen molar-refractivity contribution in [1.29, 1.82) is 0 Å². The van der Waals surface area contributed by atoms with Crippen LogP contribution in [0.25, 0.3) is 0 Å². The number of rotatable bonds is 6. The lowest BCUT2D eigenvalue weighted by Crippen LogP contribution is -2.60. The number of carbonyl (C=O) groups excluding carboxylic acids is 2. The first-order valence-corrected chi connectivity index (χ1v) is 9.42. The van der Waals surface area contributed by atoms with Gasteiger partial charge in [0.2, 0.25) is 6.29 Å². The summed E-state index contributed by atoms with van der Waals surface area (Å²) in [6.45, 7) is 4.58. The van der Waals surface area contributed by atoms with Crippen molar-refractivity contribution in [3.05, 3.63) is 24.3 Å². The summed E-state index contributed by atoms with van der Waals surface area (Å²) in [4.78, 5) is 23.2. The smallest absolute Gasteiger partial charge is 0.497 e. The van der Waals surface area contributed by atoms with Crippen molar-refractivity contribution in [2.75, 3.05) is 20.8 Å². The van der Waals surface area contributed by atoms with E-state index < -0.39 is 48.6 Å². The van der Waals surface area contributed by atoms with Crippen LogP contribution in [-0.4, -0.2) is 69.4 Å². The number of methoxy groups -OCH3 is 2. The fourth-order valence-corrected chi connectivity index (χ4v) is 3.38. The van der Waals surface area contributed by atoms with Crippen LogP contribution in [0.15, 0.2) is 24.3 Å². The van der Waals surface area contributed by atoms with Gasteiger partial charge in [-0.15, -0.1) is 0 Å². The Balaban J connectivity index is 1.84. The Labute approximate surface area is 174 Å². The SMILES string of the molecule is COC(=O)OC[C@H]1O[C@@H](Oc2ccc(OC)cc2)[C@H](OC(C)=O)[C@H]2OC(C)(C)O[C@H]21. The van der Waals surface area contributed by atoms with Crippen LogP contribution in [0.4, 0.5) is 4.79 Å². The van der Waals surface area contributed by atoms with Crippen molar-refractivity contribution in [2.24, 2.45) is 0 Å². The minimum atomic E-state index is -1.03. The van der Waals surface area contributed by atoms with Gasteiger partial charge in [-0.2, -0.15) is 0 Å². The standard InChI is InChI=1S/C20H26O10/c1-11(21)26-17-16-15(29-20(2,3)30-16)14(10-25-19(22)24-5)28-18(17)27-13-8-6-12(23-4)7-9-13/h6-9,14-18H,10H2,1-5H3/t14-,15+,16+,17-,18-/m1/s1. The molecule has 0 N–H and O–H groups in total. The van der Waals surface area contributed by atoms with E-state index in [-0.39, 0.29) is 6.61 Å². The van der Waals surface area contributed by atoms with Crippen molar-refractivity contribution in [1.82, 2.24) is 0 Å². The average Bonchev–Trinajstić information content (AvgIpc) is 3.04. The fourth-order valence-electron chi connectivity index (χ4n) is 3.38. The molecule has 2 aliphatic rings. The summed E-state index contributed by atoms with van der Waals surface area (Å²) in [6, 6.07) is 6.82. The van der Waals surface area contributed by atoms with E-state index in [4.69, 9.17) is 33.2 Å². The van der Waals surface area contributed by atoms with Crippen LogP contribution in [0.2, 0.25) is 0 Å². The topological polar surface area (TPSA) is 108 Å². The number of carbonyl (C=O) groups is 2. The lowest BCUT2D eigenvalue weighted by atomic mass is 9.99. The summed E-state index contributed by atoms with van der Waals surface area (Å²) in [5, 5.41) is 0. The van der Waals surface area contributed by atoms with E-state index in [1.165, 1.54) is 14.0 Å². The highest BCUT2D eigenvalue weighted by atomic mass is 16.8. The zero-order chi connectivity index (χ0) is 21.9. The molecule has 0 bridgehead atoms. The highest BCUT2D eigenvalue weighted by molar-refractivity contribution is 5.66. The molecule has 2 saturated heterocycles. The van der Waals surface area contributed by atoms with Crippen molar-refractivity contribution in [2.45, 2.75) is 57.3 Å². The Morgan fingerprint density at radius 3 is 2.27 bits per heavy atom. The van der Waals surface area contributed by atoms with Crippen LogP contribution in [0.3, 0.4) is 0 Å². The van der Waals surface area contributed by atoms with E-state index in [9.17, 15) is 9.59 Å². The molecule has 2 aliphatic heterocycles. The molecule has 0 amide bonds. The quantitative estimate of drug-likeness (QED) is 0.627. The van der Waals surface area contributed by atoms with Crippen molar-refractivity contribution < 1.29 is 47.5 Å². The third-order valence-electron chi connectivity index (χ3n) is 4.58. The van der Waals surface area contributed by atoms with Crippen LogP contribution >= 0.6 is 0 Å². The average molecular weight is 426 g/mol. The molecule has 10 heteroatoms. The molecule has 1 aromatic carbocycles. The number of fused-ring (bicyclic) bond motifs is 1. The van der Waals surface area contributed by atoms with Gasteiger partial charge >= 0.3 is 12.1 Å². The van der Waals surface area contributed by atoms with E-state index in [1.807, 2.05) is 0 Å². The number of ether oxygens (including phenoxy) is 8. The second kappa shape index (κ2) is 9.07. The molecule has 5 atom stereocenters. The summed E-state index contributed by atoms with van der Waals surface area (Å²) in [5.74, 6) is -0.372. The van der Waals surface area contributed by atoms with Crippen LogP contribution in [0.1, 0.15) is 20.8 Å². The number of esters is 1. The maximum atomic E-state index is 11.7. The molecule has 2 fully saturated rings. The largest absolute Gasteiger partial charge is 0.508 e. The molecule has 3 rings (SSSR count). The molecule has 0 aliphatic carbocycles. The van der Waals surface area contributed by atoms with Gasteiger partial charge in [0, 0.05) is 6.92 Å². The number of benzene rings is 1. The summed E-state index contributed by atoms with van der Waals surface area (Å²) in [6.07, 6.45) is -4.91. The van der Waals surface area contributed by atoms with Gasteiger partial charge in [-0.1, -0.05) is 0 Å². The van der Waals surface area contributed by atoms with Crippen molar-refractivity contribution in [3.63, 3.8) is 0 Å². The lowest BCUT2D eigenvalue weighted by Gasteiger charge is -2.40. The van der Waals surface area contributed by atoms with E-state index >= 15 is 0 Å². The third kappa shape index (κ3) is 5.13. The van der Waals surface area contributed by atoms with E-state index in [2.05, 4.69) is 4.74 Å². The predicted octanol–water partition coefficient (Wildman–Crippen LogP) is 2.03. The number of hydrogen-bond acceptors (Lipinski definition) is 10. The molecule has 30 heavy (non-hydrogen) atoms. The van der Waals surface area contributed by atoms with Crippen molar-refractivity contribution >= 4 is 12.1 Å². The maximum Gasteiger partial charge on any atom is 0.508 e. The summed E-state index contributed by atoms with van der Waals surface area (Å²) < 4.78 is 44.0. The first kappa shape index (κ1) is 22.1. The molecule has 0 spiro atoms. The second-order valence-corrected chi connectivity index (χ2v) is 7.24. The highest BCUT2D eigenvalue weighted by Gasteiger charge is 2.57. The van der Waals surface area contributed by atoms with E-state index in [0.29, 0.717) is 11.5 Å². The molecule has 0 radical (unpaired) electrons. The van der Waals surface area contributed by atoms with E-state index in [1.54, 1.807) is 45.2 Å². The normalized spacial score (nSPS) is 29.4. The molecule has 166 valence electrons. The minimum Gasteiger partial charge on any atom is -0.497 e. The Morgan fingerprint density at radius 2 is 1.67 bits per heavy atom. The first-order chi connectivity index (χ1) is 14.2. The van der Waals surface area contributed by atoms with Gasteiger partial charge in [0.1, 0.15) is 36.4 Å². The summed E-state index contributed by atoms with van der Waals surface area (Å²) in [7, 11) is 2.76. The molecular formula is C20H26O10. The van der Waals surface area contributed by atoms with Gasteiger partial charge in [-0.25, -0.2) is 4.79 Å². The Bertz CT molecular complexity index is 746. The van der Waals surface area contributed by atoms with Crippen LogP contribution in [0.5, 0.6) is 11.5 Å². The predicted molar refractivity (Wildman–Crippen MR) is 100 cm³/mol. The zero-order valence-corrected chi connectivity index (χ0v) is 17.5. The van der Waals surface area contributed by atoms with Crippen LogP contribution in [-0.2, 0) is 33.2 Å². The maximum absolute atomic E-state index is 11.7. The Morgan fingerprint density at radius 1 is 1.03 bits per heavy atom. The highest BCUT2D eigenvalue weighted by Crippen LogP contribution is 2.39. The Kier molecular flexibility index (Phi) is 6.69. The van der Waals surface area contributed by atoms with Crippen molar-refractivity contribution in [3.8, 4) is 11.5 Å². The lowest BCUT2D eigenvalue weighted by molar-refractivity contribution is -0.261. The first-order valence-electron chi connectivity index (χ1n) is 9.42. The van der Waals surface area contributed by atoms with E-state index in [0.717, 1.165) is 0 Å². The molecule has 2 heterocycles. The van der Waals surface area contributed by atoms with Gasteiger partial charge in [0.15, 0.2) is 11.9 Å². The molecular weight excluding hydrogens is 400 g/mol. The summed E-state index contributed by atoms with van der Waals surface area (Å²) >= 11 is 0. The summed E-state index contributed by atoms with van der Waals surface area (Å²) in [5.41, 5.74) is 0. The van der Waals surface area contributed by atoms with Crippen LogP contribution < -0.4 is 9.47 Å². The molecule has 0 unspecified atom stereocenters. The minimum absolute atomic E-state index is 0.164. The number of hydrogen-bond donors (Lipinski definition) is 0. The molecule has 10 nitrogen and oxygen atoms in total. The van der Waals surface area contributed by atoms with Gasteiger partial charge in [-0.3, -0.25) is 4.79 Å². The second-order valence-electron chi connectivity index (χ2n) is 7.24. The zero-order valence-electron chi connectivity index (χ0n) is 17.5. The molecule has 1 aromatic rings. The van der Waals surface area contributed by atoms with Crippen LogP contribution in [0, 0.1) is 0 Å². The monoisotopic (exact) mass is 426 g/mol. The van der Waals surface area contributed by atoms with Gasteiger partial charge < -0.3 is 37.9 Å².